The molecule has 0 nitrogen and oxygen atoms in total. The van der Waals surface area contributed by atoms with Gasteiger partial charge in [-0.05, 0) is 55.3 Å². The van der Waals surface area contributed by atoms with Gasteiger partial charge in [-0.15, -0.1) is 0 Å². The molecule has 0 aromatic heterocycles. The van der Waals surface area contributed by atoms with Gasteiger partial charge in [0.15, 0.2) is 0 Å². The minimum Gasteiger partial charge on any atom is -0.0651 e. The van der Waals surface area contributed by atoms with Gasteiger partial charge >= 0.3 is 0 Å². The van der Waals surface area contributed by atoms with Crippen LogP contribution in [0.5, 0.6) is 0 Å². The van der Waals surface area contributed by atoms with Crippen LogP contribution in [0.2, 0.25) is 0 Å². The molecule has 13 heavy (non-hydrogen) atoms. The number of fused-ring (bicyclic) bond motifs is 1. The van der Waals surface area contributed by atoms with Crippen LogP contribution in [-0.2, 0) is 0 Å². The van der Waals surface area contributed by atoms with Crippen molar-refractivity contribution in [2.45, 2.75) is 52.9 Å². The molecular formula is C13H24. The van der Waals surface area contributed by atoms with Crippen LogP contribution in [0.3, 0.4) is 0 Å². The zero-order valence-corrected chi connectivity index (χ0v) is 9.42. The topological polar surface area (TPSA) is 0 Å². The van der Waals surface area contributed by atoms with E-state index in [-0.39, 0.29) is 0 Å². The number of rotatable bonds is 1. The van der Waals surface area contributed by atoms with Gasteiger partial charge in [0.2, 0.25) is 0 Å². The first-order chi connectivity index (χ1) is 6.22. The fourth-order valence-electron chi connectivity index (χ4n) is 4.04. The molecule has 5 atom stereocenters. The predicted octanol–water partition coefficient (Wildman–Crippen LogP) is 4.10. The van der Waals surface area contributed by atoms with Crippen molar-refractivity contribution >= 4 is 0 Å². The molecule has 0 aliphatic heterocycles. The van der Waals surface area contributed by atoms with Crippen molar-refractivity contribution in [3.05, 3.63) is 0 Å². The van der Waals surface area contributed by atoms with Gasteiger partial charge in [-0.25, -0.2) is 0 Å². The standard InChI is InChI=1S/C13H24/c1-4-11-5-6-12-7-9(2)8-13(12)10(11)3/h9-13H,4-8H2,1-3H3. The van der Waals surface area contributed by atoms with Gasteiger partial charge in [0.05, 0.1) is 0 Å². The Balaban J connectivity index is 2.03. The minimum absolute atomic E-state index is 1.02. The van der Waals surface area contributed by atoms with E-state index in [0.717, 1.165) is 29.6 Å². The van der Waals surface area contributed by atoms with Gasteiger partial charge < -0.3 is 0 Å². The summed E-state index contributed by atoms with van der Waals surface area (Å²) in [6.07, 6.45) is 7.54. The predicted molar refractivity (Wildman–Crippen MR) is 57.6 cm³/mol. The maximum absolute atomic E-state index is 2.52. The Morgan fingerprint density at radius 3 is 2.54 bits per heavy atom. The monoisotopic (exact) mass is 180 g/mol. The summed E-state index contributed by atoms with van der Waals surface area (Å²) in [5.74, 6) is 5.29. The highest BCUT2D eigenvalue weighted by Gasteiger charge is 2.40. The lowest BCUT2D eigenvalue weighted by Gasteiger charge is -2.37. The molecular weight excluding hydrogens is 156 g/mol. The van der Waals surface area contributed by atoms with Crippen LogP contribution in [0.15, 0.2) is 0 Å². The Morgan fingerprint density at radius 2 is 1.85 bits per heavy atom. The molecule has 2 fully saturated rings. The van der Waals surface area contributed by atoms with Crippen molar-refractivity contribution in [2.24, 2.45) is 29.6 Å². The fourth-order valence-corrected chi connectivity index (χ4v) is 4.04. The first-order valence-corrected chi connectivity index (χ1v) is 6.22. The van der Waals surface area contributed by atoms with E-state index < -0.39 is 0 Å². The molecule has 0 radical (unpaired) electrons. The largest absolute Gasteiger partial charge is 0.0651 e. The second kappa shape index (κ2) is 3.63. The zero-order chi connectivity index (χ0) is 9.42. The highest BCUT2D eigenvalue weighted by atomic mass is 14.5. The first kappa shape index (κ1) is 9.55. The van der Waals surface area contributed by atoms with E-state index in [1.165, 1.54) is 32.1 Å². The van der Waals surface area contributed by atoms with Crippen LogP contribution in [0.1, 0.15) is 52.9 Å². The summed E-state index contributed by atoms with van der Waals surface area (Å²) in [7, 11) is 0. The zero-order valence-electron chi connectivity index (χ0n) is 9.42. The molecule has 0 spiro atoms. The molecule has 0 saturated heterocycles. The molecule has 2 rings (SSSR count). The Morgan fingerprint density at radius 1 is 1.08 bits per heavy atom. The van der Waals surface area contributed by atoms with Crippen molar-refractivity contribution in [1.29, 1.82) is 0 Å². The maximum atomic E-state index is 2.52. The lowest BCUT2D eigenvalue weighted by molar-refractivity contribution is 0.122. The normalized spacial score (nSPS) is 50.5. The molecule has 2 saturated carbocycles. The molecule has 0 amide bonds. The Labute approximate surface area is 83.1 Å². The Hall–Kier alpha value is 0. The van der Waals surface area contributed by atoms with Gasteiger partial charge in [0.25, 0.3) is 0 Å². The lowest BCUT2D eigenvalue weighted by Crippen LogP contribution is -2.29. The number of hydrogen-bond donors (Lipinski definition) is 0. The van der Waals surface area contributed by atoms with E-state index in [0.29, 0.717) is 0 Å². The van der Waals surface area contributed by atoms with E-state index in [4.69, 9.17) is 0 Å². The van der Waals surface area contributed by atoms with Crippen molar-refractivity contribution in [2.75, 3.05) is 0 Å². The highest BCUT2D eigenvalue weighted by Crippen LogP contribution is 2.50. The molecule has 0 aromatic carbocycles. The van der Waals surface area contributed by atoms with Crippen molar-refractivity contribution in [3.63, 3.8) is 0 Å². The van der Waals surface area contributed by atoms with Gasteiger partial charge in [-0.1, -0.05) is 27.2 Å². The maximum Gasteiger partial charge on any atom is -0.0355 e. The van der Waals surface area contributed by atoms with Gasteiger partial charge in [-0.2, -0.15) is 0 Å². The molecule has 2 aliphatic rings. The Kier molecular flexibility index (Phi) is 2.67. The van der Waals surface area contributed by atoms with Crippen LogP contribution < -0.4 is 0 Å². The van der Waals surface area contributed by atoms with Crippen LogP contribution in [0.25, 0.3) is 0 Å². The summed E-state index contributed by atoms with van der Waals surface area (Å²) >= 11 is 0. The molecule has 76 valence electrons. The summed E-state index contributed by atoms with van der Waals surface area (Å²) in [6, 6.07) is 0. The van der Waals surface area contributed by atoms with Crippen LogP contribution >= 0.6 is 0 Å². The van der Waals surface area contributed by atoms with E-state index in [1.807, 2.05) is 0 Å². The lowest BCUT2D eigenvalue weighted by atomic mass is 9.68. The van der Waals surface area contributed by atoms with Crippen molar-refractivity contribution < 1.29 is 0 Å². The van der Waals surface area contributed by atoms with Gasteiger partial charge in [-0.3, -0.25) is 0 Å². The highest BCUT2D eigenvalue weighted by molar-refractivity contribution is 4.90. The third-order valence-corrected chi connectivity index (χ3v) is 4.84. The van der Waals surface area contributed by atoms with E-state index in [9.17, 15) is 0 Å². The summed E-state index contributed by atoms with van der Waals surface area (Å²) in [5.41, 5.74) is 0. The van der Waals surface area contributed by atoms with E-state index in [1.54, 1.807) is 0 Å². The summed E-state index contributed by atoms with van der Waals surface area (Å²) in [4.78, 5) is 0. The SMILES string of the molecule is CCC1CCC2CC(C)CC2C1C. The average Bonchev–Trinajstić information content (AvgIpc) is 2.47. The second-order valence-corrected chi connectivity index (χ2v) is 5.61. The Bertz CT molecular complexity index is 173. The van der Waals surface area contributed by atoms with Crippen LogP contribution in [0, 0.1) is 29.6 Å². The van der Waals surface area contributed by atoms with E-state index in [2.05, 4.69) is 20.8 Å². The summed E-state index contributed by atoms with van der Waals surface area (Å²) in [5, 5.41) is 0. The number of hydrogen-bond acceptors (Lipinski definition) is 0. The van der Waals surface area contributed by atoms with Crippen molar-refractivity contribution in [3.8, 4) is 0 Å². The van der Waals surface area contributed by atoms with Gasteiger partial charge in [0, 0.05) is 0 Å². The molecule has 0 N–H and O–H groups in total. The average molecular weight is 180 g/mol. The fraction of sp³-hybridized carbons (Fsp3) is 1.00. The third kappa shape index (κ3) is 1.65. The minimum atomic E-state index is 1.02. The van der Waals surface area contributed by atoms with Gasteiger partial charge in [0.1, 0.15) is 0 Å². The smallest absolute Gasteiger partial charge is 0.0355 e. The quantitative estimate of drug-likeness (QED) is 0.570. The molecule has 0 bridgehead atoms. The first-order valence-electron chi connectivity index (χ1n) is 6.22. The molecule has 0 heteroatoms. The molecule has 0 heterocycles. The third-order valence-electron chi connectivity index (χ3n) is 4.84. The molecule has 2 aliphatic carbocycles. The summed E-state index contributed by atoms with van der Waals surface area (Å²) < 4.78 is 0. The van der Waals surface area contributed by atoms with Crippen LogP contribution in [-0.4, -0.2) is 0 Å². The molecule has 5 unspecified atom stereocenters. The van der Waals surface area contributed by atoms with Crippen molar-refractivity contribution in [1.82, 2.24) is 0 Å². The summed E-state index contributed by atoms with van der Waals surface area (Å²) in [6.45, 7) is 7.34. The second-order valence-electron chi connectivity index (χ2n) is 5.61. The van der Waals surface area contributed by atoms with Crippen LogP contribution in [0.4, 0.5) is 0 Å². The van der Waals surface area contributed by atoms with E-state index >= 15 is 0 Å². The molecule has 0 aromatic rings.